The van der Waals surface area contributed by atoms with Crippen LogP contribution in [0, 0.1) is 17.2 Å². The van der Waals surface area contributed by atoms with Crippen LogP contribution in [-0.4, -0.2) is 16.8 Å². The summed E-state index contributed by atoms with van der Waals surface area (Å²) in [5.41, 5.74) is 1.40. The highest BCUT2D eigenvalue weighted by Gasteiger charge is 2.37. The maximum Gasteiger partial charge on any atom is 0.334 e. The molecule has 0 aromatic carbocycles. The molecule has 5 heteroatoms. The van der Waals surface area contributed by atoms with E-state index in [4.69, 9.17) is 0 Å². The largest absolute Gasteiger partial charge is 0.478 e. The summed E-state index contributed by atoms with van der Waals surface area (Å²) in [6.07, 6.45) is 0. The third-order valence-electron chi connectivity index (χ3n) is 3.05. The molecule has 92 valence electrons. The number of allylic oxidation sites excluding steroid dienone is 1. The molecule has 1 aromatic rings. The van der Waals surface area contributed by atoms with E-state index < -0.39 is 17.8 Å². The average molecular weight is 260 g/mol. The van der Waals surface area contributed by atoms with Crippen LogP contribution in [0.4, 0.5) is 0 Å². The number of hydrogen-bond donors (Lipinski definition) is 1. The third kappa shape index (κ3) is 1.95. The van der Waals surface area contributed by atoms with Crippen LogP contribution in [0.3, 0.4) is 0 Å². The van der Waals surface area contributed by atoms with Crippen molar-refractivity contribution in [1.29, 1.82) is 5.26 Å². The molecule has 2 heterocycles. The molecule has 1 aliphatic rings. The van der Waals surface area contributed by atoms with Crippen LogP contribution in [0.2, 0.25) is 0 Å². The lowest BCUT2D eigenvalue weighted by Gasteiger charge is -2.26. The van der Waals surface area contributed by atoms with Gasteiger partial charge in [0.05, 0.1) is 17.6 Å². The summed E-state index contributed by atoms with van der Waals surface area (Å²) >= 11 is 1.47. The van der Waals surface area contributed by atoms with E-state index >= 15 is 0 Å². The quantitative estimate of drug-likeness (QED) is 0.888. The van der Waals surface area contributed by atoms with E-state index in [1.807, 2.05) is 17.5 Å². The first-order valence-corrected chi connectivity index (χ1v) is 6.36. The predicted molar refractivity (Wildman–Crippen MR) is 69.6 cm³/mol. The zero-order valence-corrected chi connectivity index (χ0v) is 10.9. The zero-order valence-electron chi connectivity index (χ0n) is 10.0. The van der Waals surface area contributed by atoms with Crippen molar-refractivity contribution < 1.29 is 9.90 Å². The van der Waals surface area contributed by atoms with Crippen LogP contribution in [0.25, 0.3) is 0 Å². The number of carboxylic acid groups (broad SMARTS) is 1. The minimum absolute atomic E-state index is 0.231. The summed E-state index contributed by atoms with van der Waals surface area (Å²) in [5, 5.41) is 20.5. The first-order valence-electron chi connectivity index (χ1n) is 5.48. The van der Waals surface area contributed by atoms with E-state index in [-0.39, 0.29) is 5.57 Å². The zero-order chi connectivity index (χ0) is 13.3. The molecule has 0 fully saturated rings. The number of nitriles is 1. The molecule has 0 radical (unpaired) electrons. The van der Waals surface area contributed by atoms with Gasteiger partial charge in [0.15, 0.2) is 0 Å². The number of thiophene rings is 1. The van der Waals surface area contributed by atoms with Crippen molar-refractivity contribution in [3.05, 3.63) is 33.7 Å². The second kappa shape index (κ2) is 4.75. The molecule has 0 aliphatic carbocycles. The second-order valence-electron chi connectivity index (χ2n) is 4.16. The van der Waals surface area contributed by atoms with Gasteiger partial charge in [0.1, 0.15) is 0 Å². The van der Waals surface area contributed by atoms with Gasteiger partial charge in [0.2, 0.25) is 0 Å². The Labute approximate surface area is 109 Å². The molecule has 0 saturated carbocycles. The molecular formula is C13H12N2O2S. The SMILES string of the molecule is CC1=NC(C)=C(C(=O)O)C(c2cccs2)C1C#N. The summed E-state index contributed by atoms with van der Waals surface area (Å²) in [4.78, 5) is 16.5. The lowest BCUT2D eigenvalue weighted by Crippen LogP contribution is -2.27. The molecule has 4 nitrogen and oxygen atoms in total. The number of nitrogens with zero attached hydrogens (tertiary/aromatic N) is 2. The van der Waals surface area contributed by atoms with Crippen LogP contribution < -0.4 is 0 Å². The lowest BCUT2D eigenvalue weighted by atomic mass is 9.80. The summed E-state index contributed by atoms with van der Waals surface area (Å²) in [7, 11) is 0. The molecule has 18 heavy (non-hydrogen) atoms. The maximum atomic E-state index is 11.4. The fourth-order valence-corrected chi connectivity index (χ4v) is 3.13. The van der Waals surface area contributed by atoms with E-state index in [0.29, 0.717) is 11.4 Å². The Balaban J connectivity index is 2.61. The van der Waals surface area contributed by atoms with Crippen molar-refractivity contribution in [3.63, 3.8) is 0 Å². The van der Waals surface area contributed by atoms with E-state index in [1.165, 1.54) is 11.3 Å². The van der Waals surface area contributed by atoms with Gasteiger partial charge in [0.25, 0.3) is 0 Å². The van der Waals surface area contributed by atoms with Gasteiger partial charge in [-0.1, -0.05) is 6.07 Å². The molecule has 2 unspecified atom stereocenters. The van der Waals surface area contributed by atoms with Crippen LogP contribution in [0.5, 0.6) is 0 Å². The van der Waals surface area contributed by atoms with Gasteiger partial charge in [-0.15, -0.1) is 11.3 Å². The molecule has 1 aromatic heterocycles. The van der Waals surface area contributed by atoms with Crippen molar-refractivity contribution in [2.45, 2.75) is 19.8 Å². The Morgan fingerprint density at radius 1 is 1.56 bits per heavy atom. The Bertz CT molecular complexity index is 579. The van der Waals surface area contributed by atoms with Gasteiger partial charge in [-0.3, -0.25) is 4.99 Å². The molecule has 2 rings (SSSR count). The number of carbonyl (C=O) groups is 1. The van der Waals surface area contributed by atoms with Crippen molar-refractivity contribution in [3.8, 4) is 6.07 Å². The van der Waals surface area contributed by atoms with Gasteiger partial charge in [-0.2, -0.15) is 5.26 Å². The van der Waals surface area contributed by atoms with E-state index in [2.05, 4.69) is 11.1 Å². The minimum Gasteiger partial charge on any atom is -0.478 e. The summed E-state index contributed by atoms with van der Waals surface area (Å²) in [6, 6.07) is 5.91. The predicted octanol–water partition coefficient (Wildman–Crippen LogP) is 2.80. The van der Waals surface area contributed by atoms with Gasteiger partial charge in [-0.05, 0) is 25.3 Å². The number of aliphatic imine (C=N–C) groups is 1. The lowest BCUT2D eigenvalue weighted by molar-refractivity contribution is -0.133. The third-order valence-corrected chi connectivity index (χ3v) is 4.00. The van der Waals surface area contributed by atoms with Crippen molar-refractivity contribution in [1.82, 2.24) is 0 Å². The highest BCUT2D eigenvalue weighted by atomic mass is 32.1. The van der Waals surface area contributed by atoms with Crippen LogP contribution in [0.15, 0.2) is 33.8 Å². The van der Waals surface area contributed by atoms with Crippen LogP contribution in [-0.2, 0) is 4.79 Å². The number of rotatable bonds is 2. The normalized spacial score (nSPS) is 23.5. The van der Waals surface area contributed by atoms with Gasteiger partial charge >= 0.3 is 5.97 Å². The molecule has 0 saturated heterocycles. The molecule has 0 spiro atoms. The molecule has 1 aliphatic heterocycles. The van der Waals surface area contributed by atoms with E-state index in [9.17, 15) is 15.2 Å². The van der Waals surface area contributed by atoms with Crippen LogP contribution >= 0.6 is 11.3 Å². The summed E-state index contributed by atoms with van der Waals surface area (Å²) < 4.78 is 0. The average Bonchev–Trinajstić information content (AvgIpc) is 2.80. The first kappa shape index (κ1) is 12.5. The molecule has 0 bridgehead atoms. The molecular weight excluding hydrogens is 248 g/mol. The Morgan fingerprint density at radius 2 is 2.28 bits per heavy atom. The fourth-order valence-electron chi connectivity index (χ4n) is 2.26. The standard InChI is InChI=1S/C13H12N2O2S/c1-7-9(6-14)12(10-4-3-5-18-10)11(13(16)17)8(2)15-7/h3-5,9,12H,1-2H3,(H,16,17). The van der Waals surface area contributed by atoms with Crippen LogP contribution in [0.1, 0.15) is 24.6 Å². The topological polar surface area (TPSA) is 73.4 Å². The minimum atomic E-state index is -0.998. The van der Waals surface area contributed by atoms with Gasteiger partial charge < -0.3 is 5.11 Å². The van der Waals surface area contributed by atoms with Crippen molar-refractivity contribution in [2.75, 3.05) is 0 Å². The molecule has 2 atom stereocenters. The highest BCUT2D eigenvalue weighted by Crippen LogP contribution is 2.40. The van der Waals surface area contributed by atoms with Gasteiger partial charge in [-0.25, -0.2) is 4.79 Å². The Hall–Kier alpha value is -1.93. The smallest absolute Gasteiger partial charge is 0.334 e. The van der Waals surface area contributed by atoms with Gasteiger partial charge in [0, 0.05) is 22.2 Å². The Morgan fingerprint density at radius 3 is 2.78 bits per heavy atom. The van der Waals surface area contributed by atoms with Crippen molar-refractivity contribution >= 4 is 23.0 Å². The molecule has 1 N–H and O–H groups in total. The maximum absolute atomic E-state index is 11.4. The number of hydrogen-bond acceptors (Lipinski definition) is 4. The summed E-state index contributed by atoms with van der Waals surface area (Å²) in [6.45, 7) is 3.46. The molecule has 0 amide bonds. The van der Waals surface area contributed by atoms with E-state index in [0.717, 1.165) is 4.88 Å². The summed E-state index contributed by atoms with van der Waals surface area (Å²) in [5.74, 6) is -1.91. The number of carboxylic acids is 1. The number of aliphatic carboxylic acids is 1. The fraction of sp³-hybridized carbons (Fsp3) is 0.308. The van der Waals surface area contributed by atoms with E-state index in [1.54, 1.807) is 13.8 Å². The van der Waals surface area contributed by atoms with Crippen molar-refractivity contribution in [2.24, 2.45) is 10.9 Å². The Kier molecular flexibility index (Phi) is 3.30. The monoisotopic (exact) mass is 260 g/mol. The first-order chi connectivity index (χ1) is 8.56. The highest BCUT2D eigenvalue weighted by molar-refractivity contribution is 7.10. The second-order valence-corrected chi connectivity index (χ2v) is 5.14.